The van der Waals surface area contributed by atoms with E-state index in [1.165, 1.54) is 0 Å². The Labute approximate surface area is 95.4 Å². The lowest BCUT2D eigenvalue weighted by Gasteiger charge is -2.24. The number of hydrogen-bond acceptors (Lipinski definition) is 3. The van der Waals surface area contributed by atoms with Crippen molar-refractivity contribution in [2.24, 2.45) is 5.92 Å². The van der Waals surface area contributed by atoms with Crippen molar-refractivity contribution in [1.29, 1.82) is 0 Å². The summed E-state index contributed by atoms with van der Waals surface area (Å²) >= 11 is 0. The Morgan fingerprint density at radius 2 is 2.12 bits per heavy atom. The molecule has 0 aromatic heterocycles. The lowest BCUT2D eigenvalue weighted by atomic mass is 10.1. The van der Waals surface area contributed by atoms with E-state index in [0.29, 0.717) is 6.61 Å². The zero-order valence-electron chi connectivity index (χ0n) is 9.81. The van der Waals surface area contributed by atoms with E-state index in [0.717, 1.165) is 12.8 Å². The van der Waals surface area contributed by atoms with Gasteiger partial charge in [0, 0.05) is 19.2 Å². The van der Waals surface area contributed by atoms with Crippen molar-refractivity contribution in [3.8, 4) is 0 Å². The fraction of sp³-hybridized carbons (Fsp3) is 0.818. The van der Waals surface area contributed by atoms with E-state index in [4.69, 9.17) is 9.84 Å². The standard InChI is InChI=1S/C11H19NO4/c1-3-16-7-10(13)12(9-4-5-9)6-8(2)11(14)15/h8-9H,3-7H2,1-2H3,(H,14,15). The van der Waals surface area contributed by atoms with E-state index in [1.54, 1.807) is 11.8 Å². The second kappa shape index (κ2) is 5.84. The minimum absolute atomic E-state index is 0.0549. The van der Waals surface area contributed by atoms with Crippen molar-refractivity contribution in [2.75, 3.05) is 19.8 Å². The van der Waals surface area contributed by atoms with Gasteiger partial charge in [0.2, 0.25) is 5.91 Å². The minimum atomic E-state index is -0.866. The predicted octanol–water partition coefficient (Wildman–Crippen LogP) is 0.735. The fourth-order valence-corrected chi connectivity index (χ4v) is 1.49. The largest absolute Gasteiger partial charge is 0.481 e. The Kier molecular flexibility index (Phi) is 4.73. The van der Waals surface area contributed by atoms with E-state index in [-0.39, 0.29) is 25.1 Å². The van der Waals surface area contributed by atoms with Gasteiger partial charge in [-0.3, -0.25) is 9.59 Å². The van der Waals surface area contributed by atoms with Crippen molar-refractivity contribution >= 4 is 11.9 Å². The van der Waals surface area contributed by atoms with Crippen LogP contribution in [0.25, 0.3) is 0 Å². The molecule has 1 aliphatic carbocycles. The Balaban J connectivity index is 2.47. The zero-order valence-corrected chi connectivity index (χ0v) is 9.81. The number of hydrogen-bond donors (Lipinski definition) is 1. The van der Waals surface area contributed by atoms with Crippen LogP contribution in [0.3, 0.4) is 0 Å². The number of carbonyl (C=O) groups is 2. The molecule has 0 aliphatic heterocycles. The molecule has 0 bridgehead atoms. The number of carboxylic acids is 1. The topological polar surface area (TPSA) is 66.8 Å². The van der Waals surface area contributed by atoms with Crippen LogP contribution in [0.4, 0.5) is 0 Å². The Morgan fingerprint density at radius 1 is 1.50 bits per heavy atom. The maximum atomic E-state index is 11.7. The Bertz CT molecular complexity index is 263. The molecule has 5 heteroatoms. The number of amides is 1. The van der Waals surface area contributed by atoms with Gasteiger partial charge < -0.3 is 14.7 Å². The molecule has 16 heavy (non-hydrogen) atoms. The summed E-state index contributed by atoms with van der Waals surface area (Å²) in [5.74, 6) is -1.49. The van der Waals surface area contributed by atoms with Crippen LogP contribution in [-0.2, 0) is 14.3 Å². The molecule has 1 unspecified atom stereocenters. The van der Waals surface area contributed by atoms with Crippen LogP contribution in [0.2, 0.25) is 0 Å². The third-order valence-electron chi connectivity index (χ3n) is 2.63. The van der Waals surface area contributed by atoms with Crippen molar-refractivity contribution < 1.29 is 19.4 Å². The Hall–Kier alpha value is -1.10. The number of nitrogens with zero attached hydrogens (tertiary/aromatic N) is 1. The van der Waals surface area contributed by atoms with Gasteiger partial charge in [0.1, 0.15) is 6.61 Å². The molecular formula is C11H19NO4. The third kappa shape index (κ3) is 3.81. The average Bonchev–Trinajstić information content (AvgIpc) is 3.05. The first-order valence-electron chi connectivity index (χ1n) is 5.66. The number of rotatable bonds is 7. The quantitative estimate of drug-likeness (QED) is 0.699. The lowest BCUT2D eigenvalue weighted by molar-refractivity contribution is -0.144. The molecule has 1 aliphatic rings. The molecule has 5 nitrogen and oxygen atoms in total. The molecule has 1 saturated carbocycles. The van der Waals surface area contributed by atoms with Crippen LogP contribution in [0, 0.1) is 5.92 Å². The average molecular weight is 229 g/mol. The second-order valence-electron chi connectivity index (χ2n) is 4.15. The first kappa shape index (κ1) is 13.0. The SMILES string of the molecule is CCOCC(=O)N(CC(C)C(=O)O)C1CC1. The number of carbonyl (C=O) groups excluding carboxylic acids is 1. The third-order valence-corrected chi connectivity index (χ3v) is 2.63. The van der Waals surface area contributed by atoms with E-state index in [1.807, 2.05) is 6.92 Å². The summed E-state index contributed by atoms with van der Waals surface area (Å²) in [6, 6.07) is 0.231. The lowest BCUT2D eigenvalue weighted by Crippen LogP contribution is -2.40. The van der Waals surface area contributed by atoms with Gasteiger partial charge in [-0.15, -0.1) is 0 Å². The molecule has 0 radical (unpaired) electrons. The van der Waals surface area contributed by atoms with Gasteiger partial charge >= 0.3 is 5.97 Å². The van der Waals surface area contributed by atoms with Crippen molar-refractivity contribution in [3.05, 3.63) is 0 Å². The van der Waals surface area contributed by atoms with Crippen LogP contribution in [0.1, 0.15) is 26.7 Å². The summed E-state index contributed by atoms with van der Waals surface area (Å²) in [5.41, 5.74) is 0. The van der Waals surface area contributed by atoms with Gasteiger partial charge in [-0.25, -0.2) is 0 Å². The monoisotopic (exact) mass is 229 g/mol. The molecule has 1 rings (SSSR count). The summed E-state index contributed by atoms with van der Waals surface area (Å²) in [5, 5.41) is 8.82. The molecule has 1 amide bonds. The summed E-state index contributed by atoms with van der Waals surface area (Å²) in [6.07, 6.45) is 1.95. The molecular weight excluding hydrogens is 210 g/mol. The van der Waals surface area contributed by atoms with Crippen LogP contribution in [-0.4, -0.2) is 47.7 Å². The van der Waals surface area contributed by atoms with Crippen molar-refractivity contribution in [3.63, 3.8) is 0 Å². The highest BCUT2D eigenvalue weighted by atomic mass is 16.5. The molecule has 0 saturated heterocycles. The zero-order chi connectivity index (χ0) is 12.1. The first-order chi connectivity index (χ1) is 7.56. The summed E-state index contributed by atoms with van der Waals surface area (Å²) < 4.78 is 5.06. The predicted molar refractivity (Wildman–Crippen MR) is 58.0 cm³/mol. The maximum absolute atomic E-state index is 11.7. The second-order valence-corrected chi connectivity index (χ2v) is 4.15. The highest BCUT2D eigenvalue weighted by molar-refractivity contribution is 5.79. The smallest absolute Gasteiger partial charge is 0.308 e. The number of aliphatic carboxylic acids is 1. The number of ether oxygens (including phenoxy) is 1. The van der Waals surface area contributed by atoms with Crippen LogP contribution in [0.5, 0.6) is 0 Å². The van der Waals surface area contributed by atoms with E-state index in [9.17, 15) is 9.59 Å². The van der Waals surface area contributed by atoms with Crippen LogP contribution in [0.15, 0.2) is 0 Å². The molecule has 1 atom stereocenters. The van der Waals surface area contributed by atoms with Gasteiger partial charge in [-0.1, -0.05) is 6.92 Å². The van der Waals surface area contributed by atoms with Crippen molar-refractivity contribution in [2.45, 2.75) is 32.7 Å². The van der Waals surface area contributed by atoms with Gasteiger partial charge in [-0.2, -0.15) is 0 Å². The van der Waals surface area contributed by atoms with Gasteiger partial charge in [-0.05, 0) is 19.8 Å². The van der Waals surface area contributed by atoms with E-state index in [2.05, 4.69) is 0 Å². The molecule has 0 aromatic rings. The van der Waals surface area contributed by atoms with Crippen molar-refractivity contribution in [1.82, 2.24) is 4.90 Å². The van der Waals surface area contributed by atoms with E-state index >= 15 is 0 Å². The van der Waals surface area contributed by atoms with Gasteiger partial charge in [0.05, 0.1) is 5.92 Å². The molecule has 0 heterocycles. The first-order valence-corrected chi connectivity index (χ1v) is 5.66. The molecule has 0 spiro atoms. The van der Waals surface area contributed by atoms with Crippen LogP contribution >= 0.6 is 0 Å². The fourth-order valence-electron chi connectivity index (χ4n) is 1.49. The van der Waals surface area contributed by atoms with Crippen LogP contribution < -0.4 is 0 Å². The van der Waals surface area contributed by atoms with Gasteiger partial charge in [0.15, 0.2) is 0 Å². The Morgan fingerprint density at radius 3 is 2.56 bits per heavy atom. The minimum Gasteiger partial charge on any atom is -0.481 e. The van der Waals surface area contributed by atoms with E-state index < -0.39 is 11.9 Å². The molecule has 1 N–H and O–H groups in total. The number of carboxylic acid groups (broad SMARTS) is 1. The summed E-state index contributed by atoms with van der Waals surface area (Å²) in [7, 11) is 0. The summed E-state index contributed by atoms with van der Waals surface area (Å²) in [6.45, 7) is 4.28. The highest BCUT2D eigenvalue weighted by Gasteiger charge is 2.34. The van der Waals surface area contributed by atoms with Gasteiger partial charge in [0.25, 0.3) is 0 Å². The molecule has 0 aromatic carbocycles. The highest BCUT2D eigenvalue weighted by Crippen LogP contribution is 2.27. The normalized spacial score (nSPS) is 16.9. The molecule has 1 fully saturated rings. The molecule has 92 valence electrons. The maximum Gasteiger partial charge on any atom is 0.308 e. The summed E-state index contributed by atoms with van der Waals surface area (Å²) in [4.78, 5) is 24.1.